The second kappa shape index (κ2) is 7.77. The van der Waals surface area contributed by atoms with Crippen molar-refractivity contribution in [3.05, 3.63) is 71.8 Å². The van der Waals surface area contributed by atoms with E-state index in [1.165, 1.54) is 6.92 Å². The van der Waals surface area contributed by atoms with Crippen molar-refractivity contribution >= 4 is 11.7 Å². The van der Waals surface area contributed by atoms with Gasteiger partial charge in [-0.2, -0.15) is 13.2 Å². The molecular formula is C18H16F3NO2. The van der Waals surface area contributed by atoms with Crippen LogP contribution in [0.25, 0.3) is 0 Å². The lowest BCUT2D eigenvalue weighted by Crippen LogP contribution is -2.33. The monoisotopic (exact) mass is 335 g/mol. The zero-order chi connectivity index (χ0) is 17.6. The van der Waals surface area contributed by atoms with E-state index in [-0.39, 0.29) is 6.61 Å². The molecule has 126 valence electrons. The Bertz CT molecular complexity index is 697. The molecule has 0 amide bonds. The number of carbonyl (C=O) groups is 1. The molecule has 0 fully saturated rings. The fourth-order valence-electron chi connectivity index (χ4n) is 2.03. The summed E-state index contributed by atoms with van der Waals surface area (Å²) in [5.74, 6) is -1.48. The molecule has 0 aliphatic rings. The first-order chi connectivity index (χ1) is 11.4. The van der Waals surface area contributed by atoms with E-state index in [9.17, 15) is 18.0 Å². The van der Waals surface area contributed by atoms with Gasteiger partial charge in [-0.05, 0) is 18.1 Å². The lowest BCUT2D eigenvalue weighted by molar-refractivity contribution is -0.141. The molecule has 3 nitrogen and oxygen atoms in total. The summed E-state index contributed by atoms with van der Waals surface area (Å²) in [5, 5.41) is 0. The van der Waals surface area contributed by atoms with E-state index in [4.69, 9.17) is 4.74 Å². The van der Waals surface area contributed by atoms with Crippen LogP contribution in [0.1, 0.15) is 24.1 Å². The summed E-state index contributed by atoms with van der Waals surface area (Å²) >= 11 is 0. The van der Waals surface area contributed by atoms with Crippen LogP contribution in [0.3, 0.4) is 0 Å². The SMILES string of the molecule is CC(N=C(C(=O)OCc1ccccc1)C(F)(F)F)c1ccccc1. The van der Waals surface area contributed by atoms with Crippen molar-refractivity contribution in [3.8, 4) is 0 Å². The number of benzene rings is 2. The Morgan fingerprint density at radius 1 is 1.04 bits per heavy atom. The lowest BCUT2D eigenvalue weighted by Gasteiger charge is -2.13. The fraction of sp³-hybridized carbons (Fsp3) is 0.222. The third-order valence-electron chi connectivity index (χ3n) is 3.28. The van der Waals surface area contributed by atoms with Gasteiger partial charge in [0.05, 0.1) is 6.04 Å². The van der Waals surface area contributed by atoms with Gasteiger partial charge in [-0.15, -0.1) is 0 Å². The lowest BCUT2D eigenvalue weighted by atomic mass is 10.1. The Balaban J connectivity index is 2.16. The standard InChI is InChI=1S/C18H16F3NO2/c1-13(15-10-6-3-7-11-15)22-16(18(19,20)21)17(23)24-12-14-8-4-2-5-9-14/h2-11,13H,12H2,1H3. The van der Waals surface area contributed by atoms with E-state index in [2.05, 4.69) is 4.99 Å². The molecule has 1 unspecified atom stereocenters. The largest absolute Gasteiger partial charge is 0.456 e. The minimum Gasteiger partial charge on any atom is -0.456 e. The number of nitrogens with zero attached hydrogens (tertiary/aromatic N) is 1. The van der Waals surface area contributed by atoms with Crippen LogP contribution in [-0.2, 0) is 16.1 Å². The van der Waals surface area contributed by atoms with E-state index in [1.54, 1.807) is 60.7 Å². The maximum absolute atomic E-state index is 13.1. The molecule has 0 heterocycles. The van der Waals surface area contributed by atoms with E-state index in [0.717, 1.165) is 0 Å². The molecular weight excluding hydrogens is 319 g/mol. The predicted octanol–water partition coefficient (Wildman–Crippen LogP) is 4.49. The van der Waals surface area contributed by atoms with Crippen LogP contribution in [-0.4, -0.2) is 17.9 Å². The summed E-state index contributed by atoms with van der Waals surface area (Å²) < 4.78 is 44.2. The van der Waals surface area contributed by atoms with Crippen LogP contribution < -0.4 is 0 Å². The molecule has 1 atom stereocenters. The molecule has 0 bridgehead atoms. The van der Waals surface area contributed by atoms with Crippen molar-refractivity contribution in [1.29, 1.82) is 0 Å². The average Bonchev–Trinajstić information content (AvgIpc) is 2.58. The highest BCUT2D eigenvalue weighted by Gasteiger charge is 2.42. The Morgan fingerprint density at radius 2 is 1.58 bits per heavy atom. The van der Waals surface area contributed by atoms with Crippen LogP contribution in [0.5, 0.6) is 0 Å². The third kappa shape index (κ3) is 4.94. The molecule has 0 aliphatic carbocycles. The highest BCUT2D eigenvalue weighted by molar-refractivity contribution is 6.38. The van der Waals surface area contributed by atoms with E-state index in [1.807, 2.05) is 0 Å². The Kier molecular flexibility index (Phi) is 5.73. The molecule has 0 aliphatic heterocycles. The highest BCUT2D eigenvalue weighted by atomic mass is 19.4. The van der Waals surface area contributed by atoms with Crippen molar-refractivity contribution in [2.24, 2.45) is 4.99 Å². The van der Waals surface area contributed by atoms with Crippen LogP contribution in [0, 0.1) is 0 Å². The van der Waals surface area contributed by atoms with Gasteiger partial charge < -0.3 is 4.74 Å². The van der Waals surface area contributed by atoms with E-state index < -0.39 is 23.9 Å². The first-order valence-electron chi connectivity index (χ1n) is 7.29. The third-order valence-corrected chi connectivity index (χ3v) is 3.28. The summed E-state index contributed by atoms with van der Waals surface area (Å²) in [4.78, 5) is 15.4. The summed E-state index contributed by atoms with van der Waals surface area (Å²) in [6, 6.07) is 16.1. The second-order valence-electron chi connectivity index (χ2n) is 5.12. The Hall–Kier alpha value is -2.63. The van der Waals surface area contributed by atoms with Crippen LogP contribution in [0.15, 0.2) is 65.7 Å². The minimum absolute atomic E-state index is 0.242. The number of alkyl halides is 3. The van der Waals surface area contributed by atoms with Gasteiger partial charge in [0.15, 0.2) is 0 Å². The molecule has 0 saturated heterocycles. The van der Waals surface area contributed by atoms with Gasteiger partial charge in [0.2, 0.25) is 5.71 Å². The first-order valence-corrected chi connectivity index (χ1v) is 7.29. The van der Waals surface area contributed by atoms with Crippen molar-refractivity contribution in [2.75, 3.05) is 0 Å². The smallest absolute Gasteiger partial charge is 0.440 e. The van der Waals surface area contributed by atoms with Gasteiger partial charge in [0.25, 0.3) is 0 Å². The molecule has 2 aromatic carbocycles. The summed E-state index contributed by atoms with van der Waals surface area (Å²) in [6.07, 6.45) is -4.88. The van der Waals surface area contributed by atoms with Crippen LogP contribution in [0.2, 0.25) is 0 Å². The first kappa shape index (κ1) is 17.7. The molecule has 0 spiro atoms. The van der Waals surface area contributed by atoms with Crippen molar-refractivity contribution in [3.63, 3.8) is 0 Å². The maximum atomic E-state index is 13.1. The van der Waals surface area contributed by atoms with Crippen molar-refractivity contribution in [2.45, 2.75) is 25.7 Å². The normalized spacial score (nSPS) is 13.4. The number of carbonyl (C=O) groups excluding carboxylic acids is 1. The number of hydrogen-bond donors (Lipinski definition) is 0. The molecule has 0 saturated carbocycles. The molecule has 6 heteroatoms. The number of esters is 1. The zero-order valence-corrected chi connectivity index (χ0v) is 13.0. The predicted molar refractivity (Wildman–Crippen MR) is 84.6 cm³/mol. The average molecular weight is 335 g/mol. The molecule has 0 N–H and O–H groups in total. The number of halogens is 3. The molecule has 0 radical (unpaired) electrons. The zero-order valence-electron chi connectivity index (χ0n) is 13.0. The maximum Gasteiger partial charge on any atom is 0.440 e. The van der Waals surface area contributed by atoms with Gasteiger partial charge in [0.1, 0.15) is 6.61 Å². The number of aliphatic imine (C=N–C) groups is 1. The second-order valence-corrected chi connectivity index (χ2v) is 5.12. The molecule has 2 rings (SSSR count). The highest BCUT2D eigenvalue weighted by Crippen LogP contribution is 2.24. The molecule has 2 aromatic rings. The number of hydrogen-bond acceptors (Lipinski definition) is 3. The summed E-state index contributed by atoms with van der Waals surface area (Å²) in [7, 11) is 0. The molecule has 0 aromatic heterocycles. The van der Waals surface area contributed by atoms with E-state index >= 15 is 0 Å². The topological polar surface area (TPSA) is 38.7 Å². The molecule has 24 heavy (non-hydrogen) atoms. The van der Waals surface area contributed by atoms with Crippen molar-refractivity contribution < 1.29 is 22.7 Å². The quantitative estimate of drug-likeness (QED) is 0.596. The van der Waals surface area contributed by atoms with Gasteiger partial charge in [-0.1, -0.05) is 60.7 Å². The fourth-order valence-corrected chi connectivity index (χ4v) is 2.03. The van der Waals surface area contributed by atoms with Crippen molar-refractivity contribution in [1.82, 2.24) is 0 Å². The Labute approximate surface area is 137 Å². The Morgan fingerprint density at radius 3 is 2.12 bits per heavy atom. The van der Waals surface area contributed by atoms with Gasteiger partial charge in [0, 0.05) is 0 Å². The summed E-state index contributed by atoms with van der Waals surface area (Å²) in [6.45, 7) is 1.25. The van der Waals surface area contributed by atoms with Crippen LogP contribution in [0.4, 0.5) is 13.2 Å². The van der Waals surface area contributed by atoms with Gasteiger partial charge in [-0.25, -0.2) is 4.79 Å². The minimum atomic E-state index is -4.88. The number of rotatable bonds is 5. The van der Waals surface area contributed by atoms with E-state index in [0.29, 0.717) is 11.1 Å². The summed E-state index contributed by atoms with van der Waals surface area (Å²) in [5.41, 5.74) is -0.353. The van der Waals surface area contributed by atoms with Crippen LogP contribution >= 0.6 is 0 Å². The van der Waals surface area contributed by atoms with Gasteiger partial charge in [-0.3, -0.25) is 4.99 Å². The van der Waals surface area contributed by atoms with Gasteiger partial charge >= 0.3 is 12.1 Å². The number of ether oxygens (including phenoxy) is 1.